The largest absolute Gasteiger partial charge is 0.352 e. The number of halogens is 1. The lowest BCUT2D eigenvalue weighted by molar-refractivity contribution is 0.0953. The van der Waals surface area contributed by atoms with E-state index in [-0.39, 0.29) is 5.91 Å². The highest BCUT2D eigenvalue weighted by Crippen LogP contribution is 2.15. The Morgan fingerprint density at radius 3 is 2.87 bits per heavy atom. The van der Waals surface area contributed by atoms with Crippen molar-refractivity contribution in [1.82, 2.24) is 5.32 Å². The van der Waals surface area contributed by atoms with Crippen LogP contribution in [0.4, 0.5) is 0 Å². The molecular weight excluding hydrogens is 274 g/mol. The van der Waals surface area contributed by atoms with Crippen molar-refractivity contribution in [3.05, 3.63) is 34.3 Å². The van der Waals surface area contributed by atoms with Gasteiger partial charge in [-0.2, -0.15) is 11.8 Å². The van der Waals surface area contributed by atoms with E-state index in [0.717, 1.165) is 23.2 Å². The number of nitrogens with one attached hydrogen (secondary N) is 1. The van der Waals surface area contributed by atoms with Gasteiger partial charge in [0.1, 0.15) is 0 Å². The van der Waals surface area contributed by atoms with Crippen LogP contribution in [0.2, 0.25) is 0 Å². The molecule has 0 aliphatic carbocycles. The number of benzene rings is 1. The number of rotatable bonds is 5. The fraction of sp³-hybridized carbons (Fsp3) is 0.364. The summed E-state index contributed by atoms with van der Waals surface area (Å²) in [5.74, 6) is 1.07. The first kappa shape index (κ1) is 12.6. The zero-order valence-corrected chi connectivity index (χ0v) is 11.0. The second-order valence-corrected chi connectivity index (χ2v) is 4.92. The Balaban J connectivity index is 2.44. The summed E-state index contributed by atoms with van der Waals surface area (Å²) in [6.45, 7) is 0.737. The molecule has 0 aliphatic rings. The van der Waals surface area contributed by atoms with Gasteiger partial charge in [0, 0.05) is 11.0 Å². The van der Waals surface area contributed by atoms with Gasteiger partial charge in [0.2, 0.25) is 0 Å². The zero-order valence-electron chi connectivity index (χ0n) is 8.63. The molecule has 0 fully saturated rings. The number of carbonyl (C=O) groups is 1. The number of hydrogen-bond donors (Lipinski definition) is 1. The Kier molecular flexibility index (Phi) is 5.79. The monoisotopic (exact) mass is 287 g/mol. The normalized spacial score (nSPS) is 10.0. The molecule has 0 saturated heterocycles. The van der Waals surface area contributed by atoms with E-state index in [1.165, 1.54) is 0 Å². The molecule has 0 radical (unpaired) electrons. The van der Waals surface area contributed by atoms with E-state index in [1.54, 1.807) is 11.8 Å². The molecule has 0 heterocycles. The van der Waals surface area contributed by atoms with Crippen LogP contribution in [0.25, 0.3) is 0 Å². The van der Waals surface area contributed by atoms with Gasteiger partial charge in [0.15, 0.2) is 0 Å². The van der Waals surface area contributed by atoms with E-state index in [4.69, 9.17) is 0 Å². The zero-order chi connectivity index (χ0) is 11.1. The maximum absolute atomic E-state index is 11.7. The SMILES string of the molecule is CSCCCNC(=O)c1ccccc1Br. The second kappa shape index (κ2) is 6.90. The molecule has 0 spiro atoms. The van der Waals surface area contributed by atoms with Crippen molar-refractivity contribution < 1.29 is 4.79 Å². The topological polar surface area (TPSA) is 29.1 Å². The maximum atomic E-state index is 11.7. The molecule has 0 unspecified atom stereocenters. The highest BCUT2D eigenvalue weighted by molar-refractivity contribution is 9.10. The molecule has 0 aliphatic heterocycles. The molecule has 82 valence electrons. The summed E-state index contributed by atoms with van der Waals surface area (Å²) in [6.07, 6.45) is 3.08. The fourth-order valence-corrected chi connectivity index (χ4v) is 2.06. The predicted octanol–water partition coefficient (Wildman–Crippen LogP) is 2.93. The van der Waals surface area contributed by atoms with Crippen LogP contribution in [-0.4, -0.2) is 24.5 Å². The van der Waals surface area contributed by atoms with Crippen molar-refractivity contribution in [1.29, 1.82) is 0 Å². The lowest BCUT2D eigenvalue weighted by Gasteiger charge is -2.05. The second-order valence-electron chi connectivity index (χ2n) is 3.08. The molecule has 1 amide bonds. The number of carbonyl (C=O) groups excluding carboxylic acids is 1. The van der Waals surface area contributed by atoms with Gasteiger partial charge in [0.05, 0.1) is 5.56 Å². The molecule has 1 rings (SSSR count). The van der Waals surface area contributed by atoms with Crippen LogP contribution in [0.1, 0.15) is 16.8 Å². The number of amides is 1. The molecule has 4 heteroatoms. The Morgan fingerprint density at radius 1 is 1.47 bits per heavy atom. The lowest BCUT2D eigenvalue weighted by Crippen LogP contribution is -2.25. The molecule has 0 aromatic heterocycles. The van der Waals surface area contributed by atoms with Crippen LogP contribution < -0.4 is 5.32 Å². The first-order chi connectivity index (χ1) is 7.25. The molecule has 0 atom stereocenters. The third-order valence-corrected chi connectivity index (χ3v) is 3.32. The quantitative estimate of drug-likeness (QED) is 0.844. The van der Waals surface area contributed by atoms with Crippen molar-refractivity contribution in [2.75, 3.05) is 18.6 Å². The highest BCUT2D eigenvalue weighted by Gasteiger charge is 2.07. The first-order valence-electron chi connectivity index (χ1n) is 4.77. The van der Waals surface area contributed by atoms with Gasteiger partial charge >= 0.3 is 0 Å². The lowest BCUT2D eigenvalue weighted by atomic mass is 10.2. The van der Waals surface area contributed by atoms with E-state index >= 15 is 0 Å². The number of hydrogen-bond acceptors (Lipinski definition) is 2. The molecule has 0 bridgehead atoms. The van der Waals surface area contributed by atoms with Crippen LogP contribution in [0, 0.1) is 0 Å². The Hall–Kier alpha value is -0.480. The summed E-state index contributed by atoms with van der Waals surface area (Å²) < 4.78 is 0.840. The molecule has 1 N–H and O–H groups in total. The van der Waals surface area contributed by atoms with Gasteiger partial charge in [-0.25, -0.2) is 0 Å². The molecule has 2 nitrogen and oxygen atoms in total. The average molecular weight is 288 g/mol. The van der Waals surface area contributed by atoms with Crippen molar-refractivity contribution in [3.8, 4) is 0 Å². The molecule has 1 aromatic carbocycles. The molecule has 15 heavy (non-hydrogen) atoms. The van der Waals surface area contributed by atoms with Crippen molar-refractivity contribution in [2.45, 2.75) is 6.42 Å². The molecule has 1 aromatic rings. The third-order valence-electron chi connectivity index (χ3n) is 1.93. The summed E-state index contributed by atoms with van der Waals surface area (Å²) in [4.78, 5) is 11.7. The Bertz CT molecular complexity index is 330. The van der Waals surface area contributed by atoms with Gasteiger partial charge in [-0.1, -0.05) is 12.1 Å². The van der Waals surface area contributed by atoms with E-state index in [2.05, 4.69) is 27.5 Å². The fourth-order valence-electron chi connectivity index (χ4n) is 1.16. The smallest absolute Gasteiger partial charge is 0.252 e. The summed E-state index contributed by atoms with van der Waals surface area (Å²) in [7, 11) is 0. The van der Waals surface area contributed by atoms with Crippen LogP contribution in [0.15, 0.2) is 28.7 Å². The summed E-state index contributed by atoms with van der Waals surface area (Å²) in [5, 5.41) is 2.89. The van der Waals surface area contributed by atoms with Gasteiger partial charge < -0.3 is 5.32 Å². The van der Waals surface area contributed by atoms with Crippen molar-refractivity contribution in [2.24, 2.45) is 0 Å². The van der Waals surface area contributed by atoms with E-state index < -0.39 is 0 Å². The minimum atomic E-state index is -0.0106. The van der Waals surface area contributed by atoms with Crippen molar-refractivity contribution in [3.63, 3.8) is 0 Å². The van der Waals surface area contributed by atoms with E-state index in [9.17, 15) is 4.79 Å². The van der Waals surface area contributed by atoms with Crippen LogP contribution in [0.5, 0.6) is 0 Å². The highest BCUT2D eigenvalue weighted by atomic mass is 79.9. The minimum Gasteiger partial charge on any atom is -0.352 e. The van der Waals surface area contributed by atoms with Crippen LogP contribution in [0.3, 0.4) is 0 Å². The van der Waals surface area contributed by atoms with Crippen LogP contribution >= 0.6 is 27.7 Å². The predicted molar refractivity (Wildman–Crippen MR) is 69.5 cm³/mol. The number of thioether (sulfide) groups is 1. The standard InChI is InChI=1S/C11H14BrNOS/c1-15-8-4-7-13-11(14)9-5-2-3-6-10(9)12/h2-3,5-6H,4,7-8H2,1H3,(H,13,14). The molecular formula is C11H14BrNOS. The van der Waals surface area contributed by atoms with Gasteiger partial charge in [-0.15, -0.1) is 0 Å². The summed E-state index contributed by atoms with van der Waals surface area (Å²) >= 11 is 5.15. The van der Waals surface area contributed by atoms with E-state index in [0.29, 0.717) is 5.56 Å². The van der Waals surface area contributed by atoms with Crippen LogP contribution in [-0.2, 0) is 0 Å². The Morgan fingerprint density at radius 2 is 2.20 bits per heavy atom. The third kappa shape index (κ3) is 4.26. The van der Waals surface area contributed by atoms with Gasteiger partial charge in [-0.05, 0) is 46.5 Å². The average Bonchev–Trinajstić information content (AvgIpc) is 2.25. The minimum absolute atomic E-state index is 0.0106. The summed E-state index contributed by atoms with van der Waals surface area (Å²) in [5.41, 5.74) is 0.696. The van der Waals surface area contributed by atoms with Crippen molar-refractivity contribution >= 4 is 33.6 Å². The first-order valence-corrected chi connectivity index (χ1v) is 6.96. The maximum Gasteiger partial charge on any atom is 0.252 e. The van der Waals surface area contributed by atoms with E-state index in [1.807, 2.05) is 24.3 Å². The molecule has 0 saturated carbocycles. The van der Waals surface area contributed by atoms with Gasteiger partial charge in [-0.3, -0.25) is 4.79 Å². The Labute approximate surface area is 103 Å². The van der Waals surface area contributed by atoms with Gasteiger partial charge in [0.25, 0.3) is 5.91 Å². The summed E-state index contributed by atoms with van der Waals surface area (Å²) in [6, 6.07) is 7.45.